The number of imidazole rings is 3. The lowest BCUT2D eigenvalue weighted by atomic mass is 10.3. The minimum atomic E-state index is -0.426. The molecule has 4 aliphatic rings. The summed E-state index contributed by atoms with van der Waals surface area (Å²) < 4.78 is 8.74. The number of nitrogens with zero attached hydrogens (tertiary/aromatic N) is 18. The van der Waals surface area contributed by atoms with E-state index < -0.39 is 6.29 Å². The maximum atomic E-state index is 8.61. The largest absolute Gasteiger partial charge is 0.390 e. The van der Waals surface area contributed by atoms with E-state index in [1.807, 2.05) is 115 Å². The molecule has 18 N–H and O–H groups in total. The van der Waals surface area contributed by atoms with Gasteiger partial charge in [0, 0.05) is 95.8 Å². The molecule has 10 aromatic rings. The highest BCUT2D eigenvalue weighted by Gasteiger charge is 2.04. The van der Waals surface area contributed by atoms with E-state index in [0.717, 1.165) is 47.8 Å². The number of anilines is 4. The van der Waals surface area contributed by atoms with Gasteiger partial charge in [-0.25, -0.2) is 20.0 Å². The van der Waals surface area contributed by atoms with E-state index in [4.69, 9.17) is 87.8 Å². The maximum absolute atomic E-state index is 8.61. The van der Waals surface area contributed by atoms with Crippen molar-refractivity contribution in [3.63, 3.8) is 0 Å². The van der Waals surface area contributed by atoms with Crippen LogP contribution in [0.1, 0.15) is 11.4 Å². The minimum Gasteiger partial charge on any atom is -0.390 e. The molecule has 4 aliphatic heterocycles. The second kappa shape index (κ2) is 46.6. The Balaban J connectivity index is 0.000000263. The predicted octanol–water partition coefficient (Wildman–Crippen LogP) is 9.07. The molecular formula is C52H69N29O2S9. The van der Waals surface area contributed by atoms with E-state index in [2.05, 4.69) is 137 Å². The summed E-state index contributed by atoms with van der Waals surface area (Å²) in [6.45, 7) is 0.908. The molecule has 1 saturated heterocycles. The van der Waals surface area contributed by atoms with E-state index in [1.165, 1.54) is 23.1 Å². The number of aromatic nitrogens is 14. The number of aryl methyl sites for hydroxylation is 2. The molecule has 0 radical (unpaired) electrons. The molecule has 3 unspecified atom stereocenters. The van der Waals surface area contributed by atoms with Crippen LogP contribution in [0.5, 0.6) is 0 Å². The fraction of sp³-hybridized carbons (Fsp3) is 0.231. The zero-order chi connectivity index (χ0) is 67.3. The third kappa shape index (κ3) is 36.5. The van der Waals surface area contributed by atoms with Gasteiger partial charge in [0.2, 0.25) is 29.6 Å². The van der Waals surface area contributed by atoms with Gasteiger partial charge in [0.05, 0.1) is 52.2 Å². The van der Waals surface area contributed by atoms with E-state index >= 15 is 0 Å². The highest BCUT2D eigenvalue weighted by Crippen LogP contribution is 2.18. The zero-order valence-corrected chi connectivity index (χ0v) is 57.2. The van der Waals surface area contributed by atoms with Gasteiger partial charge < -0.3 is 71.7 Å². The predicted molar refractivity (Wildman–Crippen MR) is 387 cm³/mol. The number of aliphatic imine (C=N–C) groups is 2. The van der Waals surface area contributed by atoms with Crippen molar-refractivity contribution in [3.8, 4) is 0 Å². The van der Waals surface area contributed by atoms with Crippen molar-refractivity contribution >= 4 is 170 Å². The molecule has 3 atom stereocenters. The number of thioether (sulfide) groups is 2. The van der Waals surface area contributed by atoms with E-state index in [0.29, 0.717) is 20.9 Å². The number of fused-ring (bicyclic) bond motifs is 2. The number of hydrogen-bond acceptors (Lipinski definition) is 32. The van der Waals surface area contributed by atoms with Gasteiger partial charge in [-0.05, 0) is 103 Å². The van der Waals surface area contributed by atoms with Crippen LogP contribution in [-0.4, -0.2) is 146 Å². The van der Waals surface area contributed by atoms with Crippen LogP contribution in [0, 0.1) is 18.3 Å². The smallest absolute Gasteiger partial charge is 0.226 e. The summed E-state index contributed by atoms with van der Waals surface area (Å²) in [4.78, 5) is 49.7. The lowest BCUT2D eigenvalue weighted by Crippen LogP contribution is -2.09. The SMILES string of the molecule is CN(C)c1ccncc1.Cn1cc[nH]c1=S.Cn1ccnc1.NC1N=CN=N1.NC1N=NCS1.Nc1nc(N)nc(N)n1.OCc1cccc(CO)n1.S=C1NCCS1.S=c1[nH]c2ccccc2[nH]1.S=c1[nH]c2ccccc2s1.S=c1nccc[nH]1.SC1N=CN=N1. The van der Waals surface area contributed by atoms with E-state index in [-0.39, 0.29) is 42.1 Å². The number of thiazole rings is 1. The molecular weight excluding hydrogens is 1350 g/mol. The topological polar surface area (TPSA) is 464 Å². The summed E-state index contributed by atoms with van der Waals surface area (Å²) in [7, 11) is 7.86. The van der Waals surface area contributed by atoms with Gasteiger partial charge in [0.1, 0.15) is 22.9 Å². The second-order valence-corrected chi connectivity index (χ2v) is 23.2. The normalized spacial score (nSPS) is 14.3. The highest BCUT2D eigenvalue weighted by atomic mass is 32.2. The number of aliphatic hydroxyl groups excluding tert-OH is 2. The lowest BCUT2D eigenvalue weighted by Gasteiger charge is -2.10. The average Bonchev–Trinajstić information content (AvgIpc) is 4.00. The number of aliphatic hydroxyl groups is 2. The minimum absolute atomic E-state index is 0.0417. The van der Waals surface area contributed by atoms with Crippen LogP contribution in [0.25, 0.3) is 21.3 Å². The first-order valence-corrected chi connectivity index (χ1v) is 31.7. The van der Waals surface area contributed by atoms with Gasteiger partial charge >= 0.3 is 0 Å². The van der Waals surface area contributed by atoms with Gasteiger partial charge in [-0.3, -0.25) is 21.4 Å². The van der Waals surface area contributed by atoms with Crippen LogP contribution < -0.4 is 38.9 Å². The van der Waals surface area contributed by atoms with Gasteiger partial charge in [-0.1, -0.05) is 66.1 Å². The Morgan fingerprint density at radius 2 is 1.29 bits per heavy atom. The van der Waals surface area contributed by atoms with Crippen LogP contribution in [0.4, 0.5) is 23.5 Å². The van der Waals surface area contributed by atoms with Crippen molar-refractivity contribution < 1.29 is 10.2 Å². The van der Waals surface area contributed by atoms with Crippen LogP contribution in [0.3, 0.4) is 0 Å². The number of hydrogen-bond donors (Lipinski definition) is 14. The average molecular weight is 1420 g/mol. The zero-order valence-electron chi connectivity index (χ0n) is 49.7. The third-order valence-corrected chi connectivity index (χ3v) is 14.1. The first-order chi connectivity index (χ1) is 44.2. The van der Waals surface area contributed by atoms with Gasteiger partial charge in [0.15, 0.2) is 23.8 Å². The number of azo groups is 3. The standard InChI is InChI=1S/C7H6N2S.C7H10N2.C7H9NO2.C7H5NS2.C4H6N2S.C4H4N2S.C4H6N2.C3H6N6.C3H5NS2.C2H4N4.C2H5N3S.C2H3N3S/c10-7-8-5-3-1-2-4-6(5)9-7;1-9(2)7-3-5-8-6-4-7;9-4-6-2-1-3-7(5-10)8-6;9-7-8-5-3-1-2-4-6(5)10-7;1-6-3-2-5-4(6)7;7-4-5-2-1-3-6-4;1-6-3-2-5-4-6;4-1-7-2(5)9-3(6)8-1;5-3-4-1-2-6-3;3-2-4-1-5-6-2;3-2-5-4-1-6-2;6-2-3-1-4-5-2/h1-4H,(H2,8,9,10);3-6H,1-2H3;1-3,9-10H,4-5H2;1-4H,(H,8,9);2-3H,1H3,(H,5,7);1-3H,(H,5,6,7);2-4H,1H3;(H6,4,5,6,7,8,9);1-2H2,(H,4,5);1-2H,3H2;2H,1,3H2;1-2,6H. The number of rotatable bonds is 3. The Morgan fingerprint density at radius 3 is 1.61 bits per heavy atom. The number of nitrogens with one attached hydrogen (secondary N) is 6. The maximum Gasteiger partial charge on any atom is 0.226 e. The molecule has 92 heavy (non-hydrogen) atoms. The quantitative estimate of drug-likeness (QED) is 0.0579. The van der Waals surface area contributed by atoms with Crippen LogP contribution >= 0.6 is 109 Å². The molecule has 0 bridgehead atoms. The fourth-order valence-corrected chi connectivity index (χ4v) is 8.79. The summed E-state index contributed by atoms with van der Waals surface area (Å²) in [6.07, 6.45) is 18.3. The first-order valence-electron chi connectivity index (χ1n) is 26.3. The Labute approximate surface area is 572 Å². The number of thiocarbonyl (C=S) groups is 1. The molecule has 8 aromatic heterocycles. The molecule has 31 nitrogen and oxygen atoms in total. The molecule has 2 aromatic carbocycles. The summed E-state index contributed by atoms with van der Waals surface area (Å²) in [5.74, 6) is 2.01. The van der Waals surface area contributed by atoms with Gasteiger partial charge in [-0.2, -0.15) is 25.2 Å². The molecule has 12 heterocycles. The van der Waals surface area contributed by atoms with Crippen molar-refractivity contribution in [2.45, 2.75) is 30.5 Å². The third-order valence-electron chi connectivity index (χ3n) is 9.83. The summed E-state index contributed by atoms with van der Waals surface area (Å²) >= 11 is 32.8. The Morgan fingerprint density at radius 1 is 0.674 bits per heavy atom. The Kier molecular flexibility index (Phi) is 39.5. The molecule has 40 heteroatoms. The molecule has 0 amide bonds. The molecule has 1 fully saturated rings. The molecule has 0 spiro atoms. The second-order valence-electron chi connectivity index (χ2n) is 17.0. The highest BCUT2D eigenvalue weighted by molar-refractivity contribution is 8.23. The van der Waals surface area contributed by atoms with Crippen LogP contribution in [-0.2, 0) is 27.3 Å². The van der Waals surface area contributed by atoms with Gasteiger partial charge in [0.25, 0.3) is 0 Å². The number of benzene rings is 2. The van der Waals surface area contributed by atoms with Crippen LogP contribution in [0.15, 0.2) is 182 Å². The first kappa shape index (κ1) is 77.9. The number of thiol groups is 1. The van der Waals surface area contributed by atoms with Crippen molar-refractivity contribution in [1.82, 2.24) is 74.3 Å². The number of nitrogens with two attached hydrogens (primary N) is 5. The number of pyridine rings is 2. The number of H-pyrrole nitrogens is 5. The lowest BCUT2D eigenvalue weighted by molar-refractivity contribution is 0.265. The molecule has 0 aliphatic carbocycles. The van der Waals surface area contributed by atoms with Crippen LogP contribution in [0.2, 0.25) is 0 Å². The summed E-state index contributed by atoms with van der Waals surface area (Å²) in [5, 5.41) is 41.2. The van der Waals surface area contributed by atoms with Gasteiger partial charge in [-0.15, -0.1) is 44.4 Å². The van der Waals surface area contributed by atoms with E-state index in [1.54, 1.807) is 96.4 Å². The summed E-state index contributed by atoms with van der Waals surface area (Å²) in [6, 6.07) is 26.9. The van der Waals surface area contributed by atoms with Crippen molar-refractivity contribution in [2.75, 3.05) is 54.4 Å². The number of nitrogen functional groups attached to an aromatic ring is 3. The fourth-order valence-electron chi connectivity index (χ4n) is 5.71. The summed E-state index contributed by atoms with van der Waals surface area (Å²) in [5.41, 5.74) is 31.0. The molecule has 14 rings (SSSR count). The van der Waals surface area contributed by atoms with Crippen molar-refractivity contribution in [2.24, 2.45) is 66.2 Å². The Hall–Kier alpha value is -8.39. The number of aromatic amines is 5. The van der Waals surface area contributed by atoms with E-state index in [9.17, 15) is 0 Å². The molecule has 488 valence electrons. The van der Waals surface area contributed by atoms with Crippen molar-refractivity contribution in [1.29, 1.82) is 0 Å². The monoisotopic (exact) mass is 1420 g/mol. The Bertz CT molecular complexity index is 3740. The number of para-hydroxylation sites is 3. The molecule has 0 saturated carbocycles. The van der Waals surface area contributed by atoms with Crippen molar-refractivity contribution in [3.05, 3.63) is 170 Å².